The number of carbonyl (C=O) groups is 2. The fraction of sp³-hybridized carbons (Fsp3) is 0.520. The van der Waals surface area contributed by atoms with Crippen LogP contribution in [0.3, 0.4) is 0 Å². The van der Waals surface area contributed by atoms with Crippen molar-refractivity contribution in [2.75, 3.05) is 37.0 Å². The van der Waals surface area contributed by atoms with E-state index < -0.39 is 5.97 Å². The second kappa shape index (κ2) is 14.4. The molecule has 0 aromatic heterocycles. The fourth-order valence-electron chi connectivity index (χ4n) is 2.97. The van der Waals surface area contributed by atoms with Crippen molar-refractivity contribution in [3.8, 4) is 0 Å². The highest BCUT2D eigenvalue weighted by Gasteiger charge is 2.22. The summed E-state index contributed by atoms with van der Waals surface area (Å²) in [6.07, 6.45) is 7.90. The second-order valence-electron chi connectivity index (χ2n) is 7.78. The van der Waals surface area contributed by atoms with Gasteiger partial charge in [0.1, 0.15) is 6.61 Å². The highest BCUT2D eigenvalue weighted by molar-refractivity contribution is 6.03. The van der Waals surface area contributed by atoms with E-state index in [4.69, 9.17) is 15.2 Å². The minimum atomic E-state index is -0.470. The van der Waals surface area contributed by atoms with Crippen LogP contribution in [0.1, 0.15) is 70.7 Å². The Bertz CT molecular complexity index is 780. The van der Waals surface area contributed by atoms with Gasteiger partial charge in [-0.15, -0.1) is 0 Å². The molecular formula is C25H38N2O4. The maximum atomic E-state index is 13.0. The monoisotopic (exact) mass is 430 g/mol. The van der Waals surface area contributed by atoms with Crippen molar-refractivity contribution in [2.45, 2.75) is 60.3 Å². The Morgan fingerprint density at radius 2 is 1.87 bits per heavy atom. The van der Waals surface area contributed by atoms with Crippen LogP contribution in [0.4, 0.5) is 11.4 Å². The maximum Gasteiger partial charge on any atom is 0.340 e. The standard InChI is InChI=1S/C25H38N2O4/c1-6-8-15-27(23-17-21(26)12-13-22(23)25(29)31-7-2)24(28)18-30-16-14-20(5)11-9-10-19(3)4/h10,12-14,17H,6-9,11,15-16,18,26H2,1-5H3/b20-14+. The van der Waals surface area contributed by atoms with Crippen molar-refractivity contribution in [3.63, 3.8) is 0 Å². The first-order chi connectivity index (χ1) is 14.8. The van der Waals surface area contributed by atoms with E-state index in [-0.39, 0.29) is 19.1 Å². The third-order valence-corrected chi connectivity index (χ3v) is 4.71. The first-order valence-electron chi connectivity index (χ1n) is 11.0. The number of nitrogens with two attached hydrogens (primary N) is 1. The average Bonchev–Trinajstić information content (AvgIpc) is 2.71. The summed E-state index contributed by atoms with van der Waals surface area (Å²) in [4.78, 5) is 26.9. The fourth-order valence-corrected chi connectivity index (χ4v) is 2.97. The molecule has 172 valence electrons. The van der Waals surface area contributed by atoms with Gasteiger partial charge in [-0.25, -0.2) is 4.79 Å². The lowest BCUT2D eigenvalue weighted by Crippen LogP contribution is -2.36. The number of allylic oxidation sites excluding steroid dienone is 3. The third-order valence-electron chi connectivity index (χ3n) is 4.71. The molecule has 1 rings (SSSR count). The molecule has 0 bridgehead atoms. The van der Waals surface area contributed by atoms with E-state index in [2.05, 4.69) is 26.8 Å². The van der Waals surface area contributed by atoms with Crippen molar-refractivity contribution in [2.24, 2.45) is 0 Å². The van der Waals surface area contributed by atoms with Gasteiger partial charge >= 0.3 is 5.97 Å². The predicted octanol–water partition coefficient (Wildman–Crippen LogP) is 5.29. The minimum Gasteiger partial charge on any atom is -0.462 e. The highest BCUT2D eigenvalue weighted by atomic mass is 16.5. The van der Waals surface area contributed by atoms with Crippen LogP contribution in [-0.4, -0.2) is 38.2 Å². The minimum absolute atomic E-state index is 0.0709. The molecule has 2 N–H and O–H groups in total. The second-order valence-corrected chi connectivity index (χ2v) is 7.78. The first-order valence-corrected chi connectivity index (χ1v) is 11.0. The van der Waals surface area contributed by atoms with Gasteiger partial charge in [-0.2, -0.15) is 0 Å². The Balaban J connectivity index is 2.86. The molecule has 0 aliphatic carbocycles. The first kappa shape index (κ1) is 26.4. The van der Waals surface area contributed by atoms with Gasteiger partial charge in [-0.05, 0) is 65.2 Å². The zero-order chi connectivity index (χ0) is 23.2. The molecule has 31 heavy (non-hydrogen) atoms. The number of rotatable bonds is 13. The molecule has 0 aliphatic rings. The van der Waals surface area contributed by atoms with Crippen LogP contribution in [0, 0.1) is 0 Å². The lowest BCUT2D eigenvalue weighted by molar-refractivity contribution is -0.122. The summed E-state index contributed by atoms with van der Waals surface area (Å²) in [6, 6.07) is 4.89. The van der Waals surface area contributed by atoms with Crippen LogP contribution in [-0.2, 0) is 14.3 Å². The maximum absolute atomic E-state index is 13.0. The molecule has 0 heterocycles. The molecule has 6 nitrogen and oxygen atoms in total. The number of unbranched alkanes of at least 4 members (excludes halogenated alkanes) is 1. The van der Waals surface area contributed by atoms with Gasteiger partial charge < -0.3 is 20.1 Å². The lowest BCUT2D eigenvalue weighted by atomic mass is 10.1. The summed E-state index contributed by atoms with van der Waals surface area (Å²) in [6.45, 7) is 11.1. The Kier molecular flexibility index (Phi) is 12.3. The summed E-state index contributed by atoms with van der Waals surface area (Å²) >= 11 is 0. The number of anilines is 2. The molecule has 1 aromatic carbocycles. The zero-order valence-corrected chi connectivity index (χ0v) is 19.7. The summed E-state index contributed by atoms with van der Waals surface area (Å²) < 4.78 is 10.8. The van der Waals surface area contributed by atoms with Gasteiger partial charge in [0.15, 0.2) is 0 Å². The summed E-state index contributed by atoms with van der Waals surface area (Å²) in [5.74, 6) is -0.678. The van der Waals surface area contributed by atoms with Gasteiger partial charge in [0.25, 0.3) is 5.91 Å². The van der Waals surface area contributed by atoms with Crippen LogP contribution >= 0.6 is 0 Å². The zero-order valence-electron chi connectivity index (χ0n) is 19.7. The molecule has 0 unspecified atom stereocenters. The number of hydrogen-bond acceptors (Lipinski definition) is 5. The molecule has 0 atom stereocenters. The summed E-state index contributed by atoms with van der Waals surface area (Å²) in [5, 5.41) is 0. The van der Waals surface area contributed by atoms with Gasteiger partial charge in [0, 0.05) is 12.2 Å². The predicted molar refractivity (Wildman–Crippen MR) is 127 cm³/mol. The Hall–Kier alpha value is -2.60. The van der Waals surface area contributed by atoms with Crippen LogP contribution in [0.15, 0.2) is 41.5 Å². The normalized spacial score (nSPS) is 11.2. The van der Waals surface area contributed by atoms with Crippen molar-refractivity contribution < 1.29 is 19.1 Å². The van der Waals surface area contributed by atoms with Crippen LogP contribution in [0.2, 0.25) is 0 Å². The van der Waals surface area contributed by atoms with Crippen LogP contribution < -0.4 is 10.6 Å². The van der Waals surface area contributed by atoms with Crippen LogP contribution in [0.5, 0.6) is 0 Å². The van der Waals surface area contributed by atoms with E-state index in [1.807, 2.05) is 13.0 Å². The highest BCUT2D eigenvalue weighted by Crippen LogP contribution is 2.25. The summed E-state index contributed by atoms with van der Waals surface area (Å²) in [7, 11) is 0. The van der Waals surface area contributed by atoms with Crippen molar-refractivity contribution in [1.82, 2.24) is 0 Å². The molecule has 1 aromatic rings. The lowest BCUT2D eigenvalue weighted by Gasteiger charge is -2.25. The smallest absolute Gasteiger partial charge is 0.340 e. The molecule has 0 spiro atoms. The third kappa shape index (κ3) is 9.83. The molecule has 0 fully saturated rings. The number of esters is 1. The number of benzene rings is 1. The average molecular weight is 431 g/mol. The number of hydrogen-bond donors (Lipinski definition) is 1. The summed E-state index contributed by atoms with van der Waals surface area (Å²) in [5.41, 5.74) is 9.76. The van der Waals surface area contributed by atoms with E-state index in [1.54, 1.807) is 30.0 Å². The van der Waals surface area contributed by atoms with E-state index in [0.29, 0.717) is 30.1 Å². The Morgan fingerprint density at radius 1 is 1.13 bits per heavy atom. The Morgan fingerprint density at radius 3 is 2.52 bits per heavy atom. The molecule has 0 aliphatic heterocycles. The molecule has 0 radical (unpaired) electrons. The topological polar surface area (TPSA) is 81.9 Å². The van der Waals surface area contributed by atoms with Crippen LogP contribution in [0.25, 0.3) is 0 Å². The largest absolute Gasteiger partial charge is 0.462 e. The number of ether oxygens (including phenoxy) is 2. The van der Waals surface area contributed by atoms with E-state index in [1.165, 1.54) is 11.1 Å². The number of nitrogens with zero attached hydrogens (tertiary/aromatic N) is 1. The number of amides is 1. The van der Waals surface area contributed by atoms with Gasteiger partial charge in [-0.3, -0.25) is 4.79 Å². The van der Waals surface area contributed by atoms with E-state index in [0.717, 1.165) is 25.7 Å². The van der Waals surface area contributed by atoms with Gasteiger partial charge in [0.2, 0.25) is 0 Å². The molecule has 0 saturated carbocycles. The number of nitrogen functional groups attached to an aromatic ring is 1. The van der Waals surface area contributed by atoms with Crippen molar-refractivity contribution >= 4 is 23.3 Å². The Labute approximate surface area is 187 Å². The van der Waals surface area contributed by atoms with Crippen molar-refractivity contribution in [3.05, 3.63) is 47.1 Å². The molecular weight excluding hydrogens is 392 g/mol. The quantitative estimate of drug-likeness (QED) is 0.199. The van der Waals surface area contributed by atoms with Gasteiger partial charge in [-0.1, -0.05) is 36.6 Å². The van der Waals surface area contributed by atoms with E-state index in [9.17, 15) is 9.59 Å². The molecule has 6 heteroatoms. The van der Waals surface area contributed by atoms with E-state index >= 15 is 0 Å². The van der Waals surface area contributed by atoms with Gasteiger partial charge in [0.05, 0.1) is 24.5 Å². The van der Waals surface area contributed by atoms with Crippen molar-refractivity contribution in [1.29, 1.82) is 0 Å². The number of carbonyl (C=O) groups excluding carboxylic acids is 2. The SMILES string of the molecule is CCCCN(C(=O)COC/C=C(\C)CCC=C(C)C)c1cc(N)ccc1C(=O)OCC. The molecule has 0 saturated heterocycles. The molecule has 1 amide bonds.